The number of benzene rings is 1. The maximum absolute atomic E-state index is 11.5. The normalized spacial score (nSPS) is 13.2. The van der Waals surface area contributed by atoms with E-state index < -0.39 is 6.04 Å². The van der Waals surface area contributed by atoms with Gasteiger partial charge in [-0.2, -0.15) is 0 Å². The first-order valence-electron chi connectivity index (χ1n) is 6.58. The second-order valence-electron chi connectivity index (χ2n) is 4.43. The van der Waals surface area contributed by atoms with Gasteiger partial charge in [-0.25, -0.2) is 0 Å². The molecule has 1 unspecified atom stereocenters. The molecule has 1 rings (SSSR count). The maximum Gasteiger partial charge on any atom is 0.240 e. The number of carbonyl (C=O) groups is 1. The second kappa shape index (κ2) is 9.23. The molecule has 0 bridgehead atoms. The first kappa shape index (κ1) is 17.3. The molecule has 5 N–H and O–H groups in total. The van der Waals surface area contributed by atoms with Gasteiger partial charge in [0.05, 0.1) is 11.1 Å². The molecule has 0 radical (unpaired) electrons. The molecule has 0 heterocycles. The van der Waals surface area contributed by atoms with E-state index in [0.717, 1.165) is 11.3 Å². The van der Waals surface area contributed by atoms with Crippen molar-refractivity contribution in [2.75, 3.05) is 5.32 Å². The molecule has 0 aliphatic rings. The van der Waals surface area contributed by atoms with Gasteiger partial charge in [0, 0.05) is 11.4 Å². The Kier molecular flexibility index (Phi) is 7.60. The van der Waals surface area contributed by atoms with Crippen molar-refractivity contribution in [2.45, 2.75) is 25.6 Å². The zero-order chi connectivity index (χ0) is 15.7. The van der Waals surface area contributed by atoms with E-state index in [1.165, 1.54) is 11.8 Å². The summed E-state index contributed by atoms with van der Waals surface area (Å²) in [6.45, 7) is 3.55. The number of hydrogen-bond acceptors (Lipinski definition) is 5. The third kappa shape index (κ3) is 6.48. The van der Waals surface area contributed by atoms with Gasteiger partial charge in [-0.15, -0.1) is 11.8 Å². The lowest BCUT2D eigenvalue weighted by Gasteiger charge is -2.09. The molecular weight excluding hydrogens is 286 g/mol. The minimum atomic E-state index is -0.532. The highest BCUT2D eigenvalue weighted by atomic mass is 32.2. The summed E-state index contributed by atoms with van der Waals surface area (Å²) in [5.74, 6) is 0.497. The number of hydrogen-bond donors (Lipinski definition) is 4. The van der Waals surface area contributed by atoms with Crippen LogP contribution in [0.15, 0.2) is 47.5 Å². The van der Waals surface area contributed by atoms with E-state index in [9.17, 15) is 4.79 Å². The summed E-state index contributed by atoms with van der Waals surface area (Å²) in [6, 6.07) is 6.98. The minimum absolute atomic E-state index is 0.210. The van der Waals surface area contributed by atoms with E-state index in [4.69, 9.17) is 10.9 Å². The minimum Gasteiger partial charge on any atom is -0.325 e. The highest BCUT2D eigenvalue weighted by molar-refractivity contribution is 8.02. The fourth-order valence-corrected chi connectivity index (χ4v) is 2.16. The lowest BCUT2D eigenvalue weighted by Crippen LogP contribution is -2.32. The number of carbonyl (C=O) groups excluding carboxylic acids is 1. The maximum atomic E-state index is 11.5. The molecule has 5 nitrogen and oxygen atoms in total. The quantitative estimate of drug-likeness (QED) is 0.459. The second-order valence-corrected chi connectivity index (χ2v) is 5.45. The Balaban J connectivity index is 2.56. The van der Waals surface area contributed by atoms with Gasteiger partial charge in [0.1, 0.15) is 0 Å². The standard InChI is InChI=1S/C15H21N3O2S/c1-3-4-5-14(18-20)21-10-12-6-8-13(9-7-12)17-15(19)11(2)16/h3-9,11,18,20H,10,16H2,1-2H3,(H,17,19)/b4-3-,14-5+. The number of thioether (sulfide) groups is 1. The number of hydroxylamine groups is 1. The van der Waals surface area contributed by atoms with Crippen molar-refractivity contribution in [1.82, 2.24) is 5.48 Å². The monoisotopic (exact) mass is 307 g/mol. The Bertz CT molecular complexity index is 510. The van der Waals surface area contributed by atoms with Crippen LogP contribution in [-0.2, 0) is 10.5 Å². The molecule has 0 aliphatic carbocycles. The van der Waals surface area contributed by atoms with E-state index >= 15 is 0 Å². The van der Waals surface area contributed by atoms with Crippen LogP contribution in [0.4, 0.5) is 5.69 Å². The fraction of sp³-hybridized carbons (Fsp3) is 0.267. The highest BCUT2D eigenvalue weighted by Crippen LogP contribution is 2.20. The van der Waals surface area contributed by atoms with E-state index in [-0.39, 0.29) is 5.91 Å². The number of anilines is 1. The molecule has 1 aromatic carbocycles. The number of amides is 1. The van der Waals surface area contributed by atoms with Crippen molar-refractivity contribution in [3.8, 4) is 0 Å². The molecule has 0 saturated heterocycles. The third-order valence-corrected chi connectivity index (χ3v) is 3.60. The number of rotatable bonds is 7. The van der Waals surface area contributed by atoms with Crippen molar-refractivity contribution in [2.24, 2.45) is 5.73 Å². The zero-order valence-electron chi connectivity index (χ0n) is 12.2. The molecule has 0 spiro atoms. The molecule has 0 aliphatic heterocycles. The van der Waals surface area contributed by atoms with Crippen LogP contribution < -0.4 is 16.5 Å². The van der Waals surface area contributed by atoms with Gasteiger partial charge in [0.15, 0.2) is 0 Å². The average Bonchev–Trinajstić information content (AvgIpc) is 2.49. The fourth-order valence-electron chi connectivity index (χ4n) is 1.40. The van der Waals surface area contributed by atoms with Crippen molar-refractivity contribution in [1.29, 1.82) is 0 Å². The van der Waals surface area contributed by atoms with Gasteiger partial charge in [0.25, 0.3) is 0 Å². The van der Waals surface area contributed by atoms with Gasteiger partial charge >= 0.3 is 0 Å². The van der Waals surface area contributed by atoms with E-state index in [2.05, 4.69) is 10.8 Å². The average molecular weight is 307 g/mol. The van der Waals surface area contributed by atoms with Gasteiger partial charge in [-0.05, 0) is 37.6 Å². The molecule has 21 heavy (non-hydrogen) atoms. The summed E-state index contributed by atoms with van der Waals surface area (Å²) in [7, 11) is 0. The Hall–Kier alpha value is -1.76. The van der Waals surface area contributed by atoms with Crippen LogP contribution >= 0.6 is 11.8 Å². The van der Waals surface area contributed by atoms with Crippen LogP contribution in [0.5, 0.6) is 0 Å². The van der Waals surface area contributed by atoms with E-state index in [1.807, 2.05) is 43.3 Å². The Morgan fingerprint density at radius 2 is 2.10 bits per heavy atom. The van der Waals surface area contributed by atoms with Gasteiger partial charge in [0.2, 0.25) is 5.91 Å². The van der Waals surface area contributed by atoms with Crippen molar-refractivity contribution < 1.29 is 10.0 Å². The summed E-state index contributed by atoms with van der Waals surface area (Å²) in [5.41, 5.74) is 9.45. The van der Waals surface area contributed by atoms with Gasteiger partial charge in [-0.1, -0.05) is 24.3 Å². The summed E-state index contributed by atoms with van der Waals surface area (Å²) < 4.78 is 0. The highest BCUT2D eigenvalue weighted by Gasteiger charge is 2.07. The summed E-state index contributed by atoms with van der Waals surface area (Å²) in [5, 5.41) is 12.4. The first-order chi connectivity index (χ1) is 10.1. The first-order valence-corrected chi connectivity index (χ1v) is 7.56. The number of nitrogens with two attached hydrogens (primary N) is 1. The van der Waals surface area contributed by atoms with Crippen molar-refractivity contribution in [3.63, 3.8) is 0 Å². The smallest absolute Gasteiger partial charge is 0.240 e. The molecule has 0 saturated carbocycles. The van der Waals surface area contributed by atoms with Crippen molar-refractivity contribution >= 4 is 23.4 Å². The largest absolute Gasteiger partial charge is 0.325 e. The van der Waals surface area contributed by atoms with Crippen LogP contribution in [-0.4, -0.2) is 17.2 Å². The van der Waals surface area contributed by atoms with Crippen molar-refractivity contribution in [3.05, 3.63) is 53.1 Å². The molecule has 0 aromatic heterocycles. The number of nitrogens with one attached hydrogen (secondary N) is 2. The summed E-state index contributed by atoms with van der Waals surface area (Å²) in [4.78, 5) is 11.5. The molecule has 6 heteroatoms. The lowest BCUT2D eigenvalue weighted by atomic mass is 10.2. The molecule has 0 fully saturated rings. The Morgan fingerprint density at radius 1 is 1.43 bits per heavy atom. The molecule has 1 atom stereocenters. The molecule has 1 amide bonds. The topological polar surface area (TPSA) is 87.4 Å². The summed E-state index contributed by atoms with van der Waals surface area (Å²) >= 11 is 1.48. The van der Waals surface area contributed by atoms with Crippen LogP contribution in [0.3, 0.4) is 0 Å². The van der Waals surface area contributed by atoms with E-state index in [0.29, 0.717) is 10.8 Å². The number of allylic oxidation sites excluding steroid dienone is 3. The molecular formula is C15H21N3O2S. The third-order valence-electron chi connectivity index (χ3n) is 2.58. The van der Waals surface area contributed by atoms with Crippen LogP contribution in [0.25, 0.3) is 0 Å². The lowest BCUT2D eigenvalue weighted by molar-refractivity contribution is -0.117. The zero-order valence-corrected chi connectivity index (χ0v) is 13.0. The van der Waals surface area contributed by atoms with Crippen LogP contribution in [0, 0.1) is 0 Å². The predicted octanol–water partition coefficient (Wildman–Crippen LogP) is 2.60. The Labute approximate surface area is 129 Å². The van der Waals surface area contributed by atoms with E-state index in [1.54, 1.807) is 13.0 Å². The van der Waals surface area contributed by atoms with Gasteiger partial charge in [-0.3, -0.25) is 15.5 Å². The molecule has 1 aromatic rings. The van der Waals surface area contributed by atoms with Gasteiger partial charge < -0.3 is 11.1 Å². The SMILES string of the molecule is C/C=C\C=C(/NO)SCc1ccc(NC(=O)C(C)N)cc1. The van der Waals surface area contributed by atoms with Crippen LogP contribution in [0.1, 0.15) is 19.4 Å². The Morgan fingerprint density at radius 3 is 2.62 bits per heavy atom. The predicted molar refractivity (Wildman–Crippen MR) is 87.8 cm³/mol. The molecule has 114 valence electrons. The summed E-state index contributed by atoms with van der Waals surface area (Å²) in [6.07, 6.45) is 5.52. The van der Waals surface area contributed by atoms with Crippen LogP contribution in [0.2, 0.25) is 0 Å².